The summed E-state index contributed by atoms with van der Waals surface area (Å²) in [5, 5.41) is 0. The number of carbonyl (C=O) groups excluding carboxylic acids is 1. The summed E-state index contributed by atoms with van der Waals surface area (Å²) in [5.41, 5.74) is 0. The second kappa shape index (κ2) is 3.38. The first-order valence-electron chi connectivity index (χ1n) is 3.95. The van der Waals surface area contributed by atoms with Crippen molar-refractivity contribution in [2.75, 3.05) is 6.54 Å². The number of hydrogen-bond acceptors (Lipinski definition) is 1. The summed E-state index contributed by atoms with van der Waals surface area (Å²) in [7, 11) is 0. The van der Waals surface area contributed by atoms with Crippen molar-refractivity contribution in [3.8, 4) is 0 Å². The molecule has 0 radical (unpaired) electrons. The molecule has 1 rings (SSSR count). The zero-order valence-electron chi connectivity index (χ0n) is 6.71. The van der Waals surface area contributed by atoms with Gasteiger partial charge in [-0.05, 0) is 6.42 Å². The normalized spacial score (nSPS) is 23.3. The number of amides is 1. The van der Waals surface area contributed by atoms with Gasteiger partial charge < -0.3 is 0 Å². The van der Waals surface area contributed by atoms with Crippen LogP contribution in [0.25, 0.3) is 4.85 Å². The highest BCUT2D eigenvalue weighted by atomic mass is 16.2. The van der Waals surface area contributed by atoms with E-state index in [1.165, 1.54) is 0 Å². The van der Waals surface area contributed by atoms with Crippen LogP contribution in [0.1, 0.15) is 26.2 Å². The summed E-state index contributed by atoms with van der Waals surface area (Å²) >= 11 is 0. The predicted molar refractivity (Wildman–Crippen MR) is 41.6 cm³/mol. The number of hydrogen-bond donors (Lipinski definition) is 0. The van der Waals surface area contributed by atoms with Gasteiger partial charge in [0.05, 0.1) is 0 Å². The van der Waals surface area contributed by atoms with E-state index in [2.05, 4.69) is 4.85 Å². The van der Waals surface area contributed by atoms with E-state index in [1.54, 1.807) is 4.90 Å². The first kappa shape index (κ1) is 8.06. The van der Waals surface area contributed by atoms with Crippen LogP contribution in [0.4, 0.5) is 0 Å². The molecule has 1 atom stereocenters. The van der Waals surface area contributed by atoms with Gasteiger partial charge in [-0.25, -0.2) is 6.57 Å². The topological polar surface area (TPSA) is 24.7 Å². The Morgan fingerprint density at radius 1 is 1.82 bits per heavy atom. The van der Waals surface area contributed by atoms with Crippen LogP contribution in [0.15, 0.2) is 0 Å². The predicted octanol–water partition coefficient (Wildman–Crippen LogP) is 1.26. The van der Waals surface area contributed by atoms with E-state index in [0.717, 1.165) is 19.4 Å². The zero-order valence-corrected chi connectivity index (χ0v) is 6.71. The van der Waals surface area contributed by atoms with Crippen molar-refractivity contribution in [3.05, 3.63) is 11.4 Å². The molecule has 11 heavy (non-hydrogen) atoms. The van der Waals surface area contributed by atoms with Crippen molar-refractivity contribution in [2.45, 2.75) is 32.4 Å². The van der Waals surface area contributed by atoms with Crippen LogP contribution in [0.2, 0.25) is 0 Å². The lowest BCUT2D eigenvalue weighted by molar-refractivity contribution is -0.130. The molecule has 0 saturated carbocycles. The van der Waals surface area contributed by atoms with E-state index in [4.69, 9.17) is 6.57 Å². The van der Waals surface area contributed by atoms with Crippen molar-refractivity contribution in [1.29, 1.82) is 0 Å². The third kappa shape index (κ3) is 1.51. The van der Waals surface area contributed by atoms with Crippen LogP contribution in [0, 0.1) is 6.57 Å². The Morgan fingerprint density at radius 3 is 3.09 bits per heavy atom. The van der Waals surface area contributed by atoms with Gasteiger partial charge in [-0.15, -0.1) is 0 Å². The van der Waals surface area contributed by atoms with Gasteiger partial charge >= 0.3 is 6.17 Å². The van der Waals surface area contributed by atoms with E-state index in [1.807, 2.05) is 6.92 Å². The lowest BCUT2D eigenvalue weighted by Gasteiger charge is -2.14. The molecule has 1 fully saturated rings. The third-order valence-corrected chi connectivity index (χ3v) is 1.99. The molecule has 1 unspecified atom stereocenters. The van der Waals surface area contributed by atoms with E-state index in [9.17, 15) is 4.79 Å². The summed E-state index contributed by atoms with van der Waals surface area (Å²) in [6, 6.07) is 0. The summed E-state index contributed by atoms with van der Waals surface area (Å²) < 4.78 is 0. The Hall–Kier alpha value is -1.04. The summed E-state index contributed by atoms with van der Waals surface area (Å²) in [4.78, 5) is 16.2. The largest absolute Gasteiger partial charge is 0.300 e. The van der Waals surface area contributed by atoms with Crippen LogP contribution in [0.3, 0.4) is 0 Å². The van der Waals surface area contributed by atoms with E-state index >= 15 is 0 Å². The number of carbonyl (C=O) groups is 1. The summed E-state index contributed by atoms with van der Waals surface area (Å²) in [6.45, 7) is 9.44. The second-order valence-corrected chi connectivity index (χ2v) is 2.69. The molecule has 0 N–H and O–H groups in total. The molecule has 1 heterocycles. The van der Waals surface area contributed by atoms with Gasteiger partial charge in [0.2, 0.25) is 5.91 Å². The van der Waals surface area contributed by atoms with Gasteiger partial charge in [-0.2, -0.15) is 0 Å². The van der Waals surface area contributed by atoms with Gasteiger partial charge in [-0.1, -0.05) is 6.92 Å². The minimum Gasteiger partial charge on any atom is -0.290 e. The highest BCUT2D eigenvalue weighted by Gasteiger charge is 2.31. The molecule has 0 aromatic heterocycles. The average Bonchev–Trinajstić information content (AvgIpc) is 2.50. The summed E-state index contributed by atoms with van der Waals surface area (Å²) in [5.74, 6) is 0.114. The molecule has 1 aliphatic rings. The van der Waals surface area contributed by atoms with Crippen LogP contribution in [0.5, 0.6) is 0 Å². The first-order chi connectivity index (χ1) is 5.29. The molecule has 0 bridgehead atoms. The van der Waals surface area contributed by atoms with Crippen molar-refractivity contribution in [3.63, 3.8) is 0 Å². The van der Waals surface area contributed by atoms with Crippen LogP contribution < -0.4 is 0 Å². The fraction of sp³-hybridized carbons (Fsp3) is 0.750. The molecule has 60 valence electrons. The first-order valence-corrected chi connectivity index (χ1v) is 3.95. The Bertz CT molecular complexity index is 195. The SMILES string of the molecule is [C-]#[N+]C1CCCN1C(=O)CC. The average molecular weight is 152 g/mol. The Kier molecular flexibility index (Phi) is 2.48. The number of rotatable bonds is 1. The van der Waals surface area contributed by atoms with E-state index in [-0.39, 0.29) is 12.1 Å². The Balaban J connectivity index is 2.58. The molecular formula is C8H12N2O. The quantitative estimate of drug-likeness (QED) is 0.519. The maximum absolute atomic E-state index is 11.2. The standard InChI is InChI=1S/C8H12N2O/c1-3-8(11)10-6-4-5-7(10)9-2/h7H,3-6H2,1H3. The highest BCUT2D eigenvalue weighted by Crippen LogP contribution is 2.18. The van der Waals surface area contributed by atoms with Gasteiger partial charge in [0.15, 0.2) is 0 Å². The van der Waals surface area contributed by atoms with Crippen molar-refractivity contribution < 1.29 is 4.79 Å². The van der Waals surface area contributed by atoms with Crippen molar-refractivity contribution in [2.24, 2.45) is 0 Å². The molecule has 0 spiro atoms. The molecule has 1 amide bonds. The number of nitrogens with zero attached hydrogens (tertiary/aromatic N) is 2. The molecule has 0 aliphatic carbocycles. The maximum Gasteiger partial charge on any atom is 0.300 e. The van der Waals surface area contributed by atoms with Gasteiger partial charge in [-0.3, -0.25) is 14.5 Å². The maximum atomic E-state index is 11.2. The fourth-order valence-corrected chi connectivity index (χ4v) is 1.38. The molecule has 3 heteroatoms. The fourth-order valence-electron chi connectivity index (χ4n) is 1.38. The molecule has 0 aromatic rings. The van der Waals surface area contributed by atoms with Gasteiger partial charge in [0.1, 0.15) is 0 Å². The van der Waals surface area contributed by atoms with Gasteiger partial charge in [0.25, 0.3) is 0 Å². The molecule has 1 aliphatic heterocycles. The van der Waals surface area contributed by atoms with Crippen molar-refractivity contribution in [1.82, 2.24) is 4.90 Å². The molecule has 1 saturated heterocycles. The summed E-state index contributed by atoms with van der Waals surface area (Å²) in [6.07, 6.45) is 2.20. The van der Waals surface area contributed by atoms with E-state index in [0.29, 0.717) is 6.42 Å². The van der Waals surface area contributed by atoms with Crippen LogP contribution in [-0.4, -0.2) is 23.5 Å². The molecule has 0 aromatic carbocycles. The molecular weight excluding hydrogens is 140 g/mol. The Labute approximate surface area is 66.8 Å². The smallest absolute Gasteiger partial charge is 0.290 e. The lowest BCUT2D eigenvalue weighted by atomic mass is 10.3. The van der Waals surface area contributed by atoms with Crippen LogP contribution in [-0.2, 0) is 4.79 Å². The zero-order chi connectivity index (χ0) is 8.27. The monoisotopic (exact) mass is 152 g/mol. The van der Waals surface area contributed by atoms with Gasteiger partial charge in [0, 0.05) is 19.4 Å². The third-order valence-electron chi connectivity index (χ3n) is 1.99. The Morgan fingerprint density at radius 2 is 2.55 bits per heavy atom. The minimum atomic E-state index is -0.164. The van der Waals surface area contributed by atoms with E-state index < -0.39 is 0 Å². The second-order valence-electron chi connectivity index (χ2n) is 2.69. The molecule has 3 nitrogen and oxygen atoms in total. The number of likely N-dealkylation sites (tertiary alicyclic amines) is 1. The lowest BCUT2D eigenvalue weighted by Crippen LogP contribution is -2.32. The van der Waals surface area contributed by atoms with Crippen LogP contribution >= 0.6 is 0 Å². The highest BCUT2D eigenvalue weighted by molar-refractivity contribution is 5.76. The van der Waals surface area contributed by atoms with Crippen molar-refractivity contribution >= 4 is 5.91 Å². The minimum absolute atomic E-state index is 0.114.